The highest BCUT2D eigenvalue weighted by molar-refractivity contribution is 5.34. The van der Waals surface area contributed by atoms with Crippen LogP contribution in [0.5, 0.6) is 0 Å². The molecule has 0 aromatic rings. The van der Waals surface area contributed by atoms with Gasteiger partial charge in [0.05, 0.1) is 0 Å². The van der Waals surface area contributed by atoms with Crippen LogP contribution in [-0.2, 0) is 4.79 Å². The minimum Gasteiger partial charge on any atom is -0.665 e. The minimum atomic E-state index is 0. The molecule has 0 atom stereocenters. The number of aliphatic hydroxyl groups excluding tert-OH is 1. The van der Waals surface area contributed by atoms with Crippen LogP contribution in [0.1, 0.15) is 0 Å². The summed E-state index contributed by atoms with van der Waals surface area (Å²) in [5, 5.41) is 6.76. The summed E-state index contributed by atoms with van der Waals surface area (Å²) in [6.45, 7) is 0.500. The zero-order chi connectivity index (χ0) is 2.71. The predicted octanol–water partition coefficient (Wildman–Crippen LogP) is -0.0122. The van der Waals surface area contributed by atoms with E-state index in [1.165, 1.54) is 0 Å². The quantitative estimate of drug-likeness (QED) is 0.388. The molecule has 0 fully saturated rings. The number of rotatable bonds is 0. The Kier molecular flexibility index (Phi) is 66.5. The molecular weight excluding hydrogens is 58.0 g/mol. The van der Waals surface area contributed by atoms with Gasteiger partial charge in [-0.15, -0.1) is 0 Å². The second-order valence-corrected chi connectivity index (χ2v) is 0.0913. The highest BCUT2D eigenvalue weighted by atomic mass is 16.3. The summed E-state index contributed by atoms with van der Waals surface area (Å²) in [6.07, 6.45) is 0. The van der Waals surface area contributed by atoms with Crippen molar-refractivity contribution in [3.63, 3.8) is 0 Å². The van der Waals surface area contributed by atoms with Crippen molar-refractivity contribution >= 4 is 6.47 Å². The van der Waals surface area contributed by atoms with Crippen LogP contribution in [0.25, 0.3) is 0 Å². The summed E-state index contributed by atoms with van der Waals surface area (Å²) in [5.74, 6) is 0. The second-order valence-electron chi connectivity index (χ2n) is 0.0913. The molecule has 0 aliphatic carbocycles. The van der Waals surface area contributed by atoms with E-state index in [1.807, 2.05) is 0 Å². The molecule has 0 amide bonds. The molecule has 26 valence electrons. The second kappa shape index (κ2) is 26.9. The minimum absolute atomic E-state index is 0. The average Bonchev–Trinajstić information content (AvgIpc) is 0.918. The van der Waals surface area contributed by atoms with Gasteiger partial charge in [0.1, 0.15) is 0 Å². The van der Waals surface area contributed by atoms with Gasteiger partial charge in [-0.2, -0.15) is 0 Å². The van der Waals surface area contributed by atoms with E-state index in [1.54, 1.807) is 0 Å². The van der Waals surface area contributed by atoms with Gasteiger partial charge in [0.2, 0.25) is 0 Å². The van der Waals surface area contributed by atoms with Gasteiger partial charge >= 0.3 is 0 Å². The molecule has 0 aromatic heterocycles. The lowest BCUT2D eigenvalue weighted by Crippen LogP contribution is -1.48. The molecule has 3 heteroatoms. The first-order valence-electron chi connectivity index (χ1n) is 0.428. The Hall–Kier alpha value is -0.570. The van der Waals surface area contributed by atoms with Crippen molar-refractivity contribution in [3.8, 4) is 0 Å². The number of quaternary nitrogens is 1. The Bertz CT molecular complexity index is 13.5. The fraction of sp³-hybridized carbons (Fsp3) is 0. The molecular formula is CH5NO2. The summed E-state index contributed by atoms with van der Waals surface area (Å²) in [5.41, 5.74) is 0. The smallest absolute Gasteiger partial charge is 0.0744 e. The van der Waals surface area contributed by atoms with E-state index in [-0.39, 0.29) is 6.15 Å². The molecule has 0 spiro atoms. The molecule has 0 rings (SSSR count). The van der Waals surface area contributed by atoms with E-state index >= 15 is 0 Å². The average molecular weight is 63.1 g/mol. The summed E-state index contributed by atoms with van der Waals surface area (Å²) in [4.78, 5) is 8.24. The monoisotopic (exact) mass is 63.0 g/mol. The van der Waals surface area contributed by atoms with Crippen molar-refractivity contribution < 1.29 is 9.90 Å². The molecule has 0 aliphatic heterocycles. The summed E-state index contributed by atoms with van der Waals surface area (Å²) >= 11 is 0. The van der Waals surface area contributed by atoms with E-state index in [9.17, 15) is 0 Å². The van der Waals surface area contributed by atoms with Crippen LogP contribution in [0.2, 0.25) is 0 Å². The maximum Gasteiger partial charge on any atom is -0.0744 e. The van der Waals surface area contributed by atoms with Crippen molar-refractivity contribution in [1.82, 2.24) is 6.15 Å². The third-order valence-corrected chi connectivity index (χ3v) is 0. The first-order valence-corrected chi connectivity index (χ1v) is 0.428. The topological polar surface area (TPSA) is 73.8 Å². The van der Waals surface area contributed by atoms with E-state index in [2.05, 4.69) is 0 Å². The Labute approximate surface area is 23.8 Å². The van der Waals surface area contributed by atoms with Crippen LogP contribution in [0.15, 0.2) is 0 Å². The van der Waals surface area contributed by atoms with E-state index < -0.39 is 0 Å². The van der Waals surface area contributed by atoms with Gasteiger partial charge in [0.25, 0.3) is 0 Å². The zero-order valence-electron chi connectivity index (χ0n) is 2.36. The first-order chi connectivity index (χ1) is 1.41. The lowest BCUT2D eigenvalue weighted by atomic mass is 11.7. The third kappa shape index (κ3) is 0.814. The summed E-state index contributed by atoms with van der Waals surface area (Å²) < 4.78 is 0. The van der Waals surface area contributed by atoms with E-state index in [0.29, 0.717) is 6.47 Å². The molecule has 0 unspecified atom stereocenters. The van der Waals surface area contributed by atoms with Crippen molar-refractivity contribution in [2.45, 2.75) is 0 Å². The largest absolute Gasteiger partial charge is 0.665 e. The van der Waals surface area contributed by atoms with E-state index in [0.717, 1.165) is 0 Å². The van der Waals surface area contributed by atoms with Crippen molar-refractivity contribution in [2.75, 3.05) is 0 Å². The SMILES string of the molecule is O=[C-]O.[NH4+]. The number of hydrogen-bond acceptors (Lipinski definition) is 1. The summed E-state index contributed by atoms with van der Waals surface area (Å²) in [6, 6.07) is 0. The Balaban J connectivity index is 0. The first kappa shape index (κ1) is 9.90. The van der Waals surface area contributed by atoms with Crippen LogP contribution >= 0.6 is 0 Å². The van der Waals surface area contributed by atoms with Crippen molar-refractivity contribution in [2.24, 2.45) is 0 Å². The Morgan fingerprint density at radius 2 is 1.75 bits per heavy atom. The molecule has 0 aliphatic rings. The van der Waals surface area contributed by atoms with Gasteiger partial charge < -0.3 is 16.1 Å². The molecule has 4 heavy (non-hydrogen) atoms. The van der Waals surface area contributed by atoms with Crippen LogP contribution in [0.3, 0.4) is 0 Å². The highest BCUT2D eigenvalue weighted by Crippen LogP contribution is 0.973. The Morgan fingerprint density at radius 1 is 1.75 bits per heavy atom. The van der Waals surface area contributed by atoms with Gasteiger partial charge in [-0.1, -0.05) is 6.47 Å². The molecule has 0 radical (unpaired) electrons. The predicted molar refractivity (Wildman–Crippen MR) is 14.3 cm³/mol. The third-order valence-electron chi connectivity index (χ3n) is 0. The summed E-state index contributed by atoms with van der Waals surface area (Å²) in [7, 11) is 0. The normalized spacial score (nSPS) is 3.00. The zero-order valence-corrected chi connectivity index (χ0v) is 2.36. The fourth-order valence-electron chi connectivity index (χ4n) is 0. The molecule has 3 nitrogen and oxygen atoms in total. The molecule has 0 heterocycles. The lowest BCUT2D eigenvalue weighted by Gasteiger charge is -1.60. The van der Waals surface area contributed by atoms with Crippen molar-refractivity contribution in [1.29, 1.82) is 0 Å². The maximum atomic E-state index is 8.24. The Morgan fingerprint density at radius 3 is 1.75 bits per heavy atom. The lowest BCUT2D eigenvalue weighted by molar-refractivity contribution is 0.437. The van der Waals surface area contributed by atoms with Crippen LogP contribution in [0, 0.1) is 0 Å². The van der Waals surface area contributed by atoms with Crippen LogP contribution in [-0.4, -0.2) is 11.6 Å². The van der Waals surface area contributed by atoms with Gasteiger partial charge in [0, 0.05) is 0 Å². The van der Waals surface area contributed by atoms with Gasteiger partial charge in [0.15, 0.2) is 0 Å². The van der Waals surface area contributed by atoms with Crippen LogP contribution in [0.4, 0.5) is 0 Å². The van der Waals surface area contributed by atoms with Gasteiger partial charge in [-0.25, -0.2) is 0 Å². The molecule has 5 N–H and O–H groups in total. The van der Waals surface area contributed by atoms with E-state index in [4.69, 9.17) is 9.90 Å². The molecule has 0 saturated carbocycles. The van der Waals surface area contributed by atoms with Crippen molar-refractivity contribution in [3.05, 3.63) is 0 Å². The molecule has 0 saturated heterocycles. The van der Waals surface area contributed by atoms with Gasteiger partial charge in [-0.3, -0.25) is 0 Å². The maximum absolute atomic E-state index is 8.24. The highest BCUT2D eigenvalue weighted by Gasteiger charge is 0.914. The number of hydrogen-bond donors (Lipinski definition) is 2. The molecule has 0 bridgehead atoms. The van der Waals surface area contributed by atoms with Gasteiger partial charge in [-0.05, 0) is 0 Å². The fourth-order valence-corrected chi connectivity index (χ4v) is 0. The standard InChI is InChI=1S/CHO2.H3N/c2-1-3;/h(H,2,3);1H3/q-1;/p+1. The van der Waals surface area contributed by atoms with Crippen LogP contribution < -0.4 is 6.15 Å². The molecule has 0 aromatic carbocycles.